The summed E-state index contributed by atoms with van der Waals surface area (Å²) in [6.07, 6.45) is 1.16. The molecular weight excluding hydrogens is 340 g/mol. The van der Waals surface area contributed by atoms with Crippen LogP contribution in [0.2, 0.25) is 0 Å². The van der Waals surface area contributed by atoms with E-state index in [2.05, 4.69) is 6.58 Å². The Morgan fingerprint density at radius 1 is 1.16 bits per heavy atom. The van der Waals surface area contributed by atoms with Crippen molar-refractivity contribution in [2.75, 3.05) is 26.2 Å². The zero-order valence-corrected chi connectivity index (χ0v) is 15.3. The van der Waals surface area contributed by atoms with Crippen molar-refractivity contribution in [3.63, 3.8) is 0 Å². The van der Waals surface area contributed by atoms with Crippen molar-refractivity contribution in [2.24, 2.45) is 0 Å². The molecule has 1 aromatic carbocycles. The van der Waals surface area contributed by atoms with Crippen molar-refractivity contribution >= 4 is 10.0 Å². The van der Waals surface area contributed by atoms with Crippen LogP contribution in [0.15, 0.2) is 54.0 Å². The number of aliphatic hydroxyl groups is 2. The first kappa shape index (κ1) is 19.8. The summed E-state index contributed by atoms with van der Waals surface area (Å²) < 4.78 is 26.3. The highest BCUT2D eigenvalue weighted by atomic mass is 32.2. The summed E-state index contributed by atoms with van der Waals surface area (Å²) in [5.41, 5.74) is 1.08. The number of hydrogen-bond donors (Lipinski definition) is 2. The van der Waals surface area contributed by atoms with E-state index in [1.165, 1.54) is 19.1 Å². The molecule has 1 aliphatic heterocycles. The number of sulfonamides is 1. The zero-order chi connectivity index (χ0) is 18.4. The van der Waals surface area contributed by atoms with E-state index in [4.69, 9.17) is 0 Å². The number of rotatable bonds is 5. The fourth-order valence-electron chi connectivity index (χ4n) is 2.95. The van der Waals surface area contributed by atoms with E-state index in [9.17, 15) is 18.6 Å². The van der Waals surface area contributed by atoms with Gasteiger partial charge in [-0.15, -0.1) is 0 Å². The van der Waals surface area contributed by atoms with Gasteiger partial charge in [0.25, 0.3) is 0 Å². The summed E-state index contributed by atoms with van der Waals surface area (Å²) in [4.78, 5) is 2.09. The van der Waals surface area contributed by atoms with E-state index < -0.39 is 22.2 Å². The lowest BCUT2D eigenvalue weighted by Crippen LogP contribution is -2.51. The van der Waals surface area contributed by atoms with Crippen LogP contribution >= 0.6 is 0 Å². The first-order valence-corrected chi connectivity index (χ1v) is 9.69. The molecule has 1 aliphatic rings. The summed E-state index contributed by atoms with van der Waals surface area (Å²) >= 11 is 0. The minimum absolute atomic E-state index is 0.0486. The van der Waals surface area contributed by atoms with Gasteiger partial charge in [0, 0.05) is 32.7 Å². The predicted octanol–water partition coefficient (Wildman–Crippen LogP) is 0.946. The van der Waals surface area contributed by atoms with Gasteiger partial charge in [0.15, 0.2) is 0 Å². The molecule has 25 heavy (non-hydrogen) atoms. The molecule has 2 rings (SSSR count). The van der Waals surface area contributed by atoms with Crippen LogP contribution < -0.4 is 0 Å². The first-order valence-electron chi connectivity index (χ1n) is 8.25. The summed E-state index contributed by atoms with van der Waals surface area (Å²) in [5.74, 6) is 0. The Balaban J connectivity index is 2.11. The maximum absolute atomic E-state index is 12.6. The topological polar surface area (TPSA) is 81.1 Å². The SMILES string of the molecule is C=CC=C(C)S(=O)(=O)N1CC(O)CN(Cc2ccccc2)CC(O)C1. The molecule has 1 fully saturated rings. The van der Waals surface area contributed by atoms with E-state index in [0.717, 1.165) is 9.87 Å². The van der Waals surface area contributed by atoms with Crippen LogP contribution in [0.5, 0.6) is 0 Å². The lowest BCUT2D eigenvalue weighted by atomic mass is 10.1. The smallest absolute Gasteiger partial charge is 0.239 e. The molecule has 0 aliphatic carbocycles. The standard InChI is InChI=1S/C18H26N2O4S/c1-3-7-15(2)25(23,24)20-13-17(21)11-19(12-18(22)14-20)10-16-8-5-4-6-9-16/h3-9,17-18,21-22H,1,10-14H2,2H3. The maximum atomic E-state index is 12.6. The molecule has 138 valence electrons. The molecule has 1 saturated heterocycles. The lowest BCUT2D eigenvalue weighted by Gasteiger charge is -2.35. The van der Waals surface area contributed by atoms with Gasteiger partial charge in [-0.3, -0.25) is 4.90 Å². The second kappa shape index (κ2) is 8.73. The predicted molar refractivity (Wildman–Crippen MR) is 98.2 cm³/mol. The number of hydrogen-bond acceptors (Lipinski definition) is 5. The van der Waals surface area contributed by atoms with Gasteiger partial charge in [-0.25, -0.2) is 8.42 Å². The lowest BCUT2D eigenvalue weighted by molar-refractivity contribution is 0.0232. The molecule has 6 nitrogen and oxygen atoms in total. The van der Waals surface area contributed by atoms with E-state index in [1.807, 2.05) is 35.2 Å². The van der Waals surface area contributed by atoms with Gasteiger partial charge in [0.1, 0.15) is 0 Å². The van der Waals surface area contributed by atoms with E-state index in [0.29, 0.717) is 19.6 Å². The summed E-state index contributed by atoms with van der Waals surface area (Å²) in [5, 5.41) is 20.7. The Bertz CT molecular complexity index is 689. The van der Waals surface area contributed by atoms with Gasteiger partial charge in [0.2, 0.25) is 10.0 Å². The van der Waals surface area contributed by atoms with E-state index in [1.54, 1.807) is 0 Å². The molecule has 0 amide bonds. The Hall–Kier alpha value is -1.51. The zero-order valence-electron chi connectivity index (χ0n) is 14.5. The van der Waals surface area contributed by atoms with Crippen LogP contribution in [0.1, 0.15) is 12.5 Å². The first-order chi connectivity index (χ1) is 11.8. The van der Waals surface area contributed by atoms with E-state index in [-0.39, 0.29) is 18.0 Å². The van der Waals surface area contributed by atoms with Crippen LogP contribution in [0, 0.1) is 0 Å². The molecule has 2 unspecified atom stereocenters. The maximum Gasteiger partial charge on any atom is 0.239 e. The van der Waals surface area contributed by atoms with Crippen LogP contribution in [-0.4, -0.2) is 66.2 Å². The Morgan fingerprint density at radius 2 is 1.72 bits per heavy atom. The second-order valence-corrected chi connectivity index (χ2v) is 8.43. The summed E-state index contributed by atoms with van der Waals surface area (Å²) in [6, 6.07) is 9.78. The number of aliphatic hydroxyl groups excluding tert-OH is 2. The minimum atomic E-state index is -3.72. The Labute approximate surface area is 149 Å². The van der Waals surface area contributed by atoms with Crippen molar-refractivity contribution in [1.82, 2.24) is 9.21 Å². The quantitative estimate of drug-likeness (QED) is 0.758. The average molecular weight is 366 g/mol. The third-order valence-corrected chi connectivity index (χ3v) is 6.04. The molecule has 2 atom stereocenters. The monoisotopic (exact) mass is 366 g/mol. The van der Waals surface area contributed by atoms with Crippen LogP contribution in [0.25, 0.3) is 0 Å². The van der Waals surface area contributed by atoms with Gasteiger partial charge >= 0.3 is 0 Å². The summed E-state index contributed by atoms with van der Waals surface area (Å²) in [6.45, 7) is 6.07. The third kappa shape index (κ3) is 5.49. The summed E-state index contributed by atoms with van der Waals surface area (Å²) in [7, 11) is -3.72. The number of allylic oxidation sites excluding steroid dienone is 3. The van der Waals surface area contributed by atoms with Gasteiger partial charge in [0.05, 0.1) is 17.1 Å². The molecular formula is C18H26N2O4S. The Morgan fingerprint density at radius 3 is 2.24 bits per heavy atom. The van der Waals surface area contributed by atoms with E-state index >= 15 is 0 Å². The average Bonchev–Trinajstić information content (AvgIpc) is 2.53. The molecule has 2 N–H and O–H groups in total. The molecule has 0 radical (unpaired) electrons. The van der Waals surface area contributed by atoms with Crippen LogP contribution in [-0.2, 0) is 16.6 Å². The number of benzene rings is 1. The normalized spacial score (nSPS) is 24.5. The molecule has 7 heteroatoms. The van der Waals surface area contributed by atoms with Gasteiger partial charge in [-0.2, -0.15) is 4.31 Å². The number of nitrogens with zero attached hydrogens (tertiary/aromatic N) is 2. The highest BCUT2D eigenvalue weighted by Crippen LogP contribution is 2.17. The molecule has 1 aromatic rings. The van der Waals surface area contributed by atoms with Crippen molar-refractivity contribution in [3.8, 4) is 0 Å². The van der Waals surface area contributed by atoms with Gasteiger partial charge < -0.3 is 10.2 Å². The van der Waals surface area contributed by atoms with Crippen LogP contribution in [0.3, 0.4) is 0 Å². The molecule has 0 aromatic heterocycles. The number of β-amino-alcohol motifs (C(OH)–C–C–N with tert-alkyl or cyclic N) is 2. The minimum Gasteiger partial charge on any atom is -0.390 e. The van der Waals surface area contributed by atoms with Crippen molar-refractivity contribution < 1.29 is 18.6 Å². The fraction of sp³-hybridized carbons (Fsp3) is 0.444. The molecule has 0 saturated carbocycles. The Kier molecular flexibility index (Phi) is 6.92. The van der Waals surface area contributed by atoms with Gasteiger partial charge in [-0.05, 0) is 18.6 Å². The van der Waals surface area contributed by atoms with Crippen LogP contribution in [0.4, 0.5) is 0 Å². The van der Waals surface area contributed by atoms with Gasteiger partial charge in [-0.1, -0.05) is 43.0 Å². The molecule has 1 heterocycles. The molecule has 0 spiro atoms. The highest BCUT2D eigenvalue weighted by molar-refractivity contribution is 7.93. The fourth-order valence-corrected chi connectivity index (χ4v) is 4.37. The molecule has 0 bridgehead atoms. The van der Waals surface area contributed by atoms with Crippen molar-refractivity contribution in [3.05, 3.63) is 59.5 Å². The third-order valence-electron chi connectivity index (χ3n) is 4.12. The largest absolute Gasteiger partial charge is 0.390 e. The second-order valence-electron chi connectivity index (χ2n) is 6.32. The van der Waals surface area contributed by atoms with Crippen molar-refractivity contribution in [2.45, 2.75) is 25.7 Å². The van der Waals surface area contributed by atoms with Crippen molar-refractivity contribution in [1.29, 1.82) is 0 Å². The highest BCUT2D eigenvalue weighted by Gasteiger charge is 2.31.